The van der Waals surface area contributed by atoms with Gasteiger partial charge in [0.15, 0.2) is 0 Å². The maximum Gasteiger partial charge on any atom is 0.295 e. The molecule has 0 saturated carbocycles. The molecule has 0 amide bonds. The minimum absolute atomic E-state index is 0.202. The Balaban J connectivity index is 2.13. The minimum Gasteiger partial charge on any atom is -0.282 e. The van der Waals surface area contributed by atoms with E-state index in [0.717, 1.165) is 10.8 Å². The summed E-state index contributed by atoms with van der Waals surface area (Å²) in [7, 11) is -8.92. The van der Waals surface area contributed by atoms with Crippen molar-refractivity contribution in [2.45, 2.75) is 9.79 Å². The largest absolute Gasteiger partial charge is 0.295 e. The first-order chi connectivity index (χ1) is 13.7. The molecule has 146 valence electrons. The number of fused-ring (bicyclic) bond motifs is 7. The third-order valence-electron chi connectivity index (χ3n) is 4.97. The summed E-state index contributed by atoms with van der Waals surface area (Å²) in [6.07, 6.45) is 0. The molecule has 0 radical (unpaired) electrons. The highest BCUT2D eigenvalue weighted by Gasteiger charge is 2.22. The molecule has 0 bridgehead atoms. The maximum absolute atomic E-state index is 12.0. The Morgan fingerprint density at radius 2 is 0.931 bits per heavy atom. The van der Waals surface area contributed by atoms with Crippen LogP contribution in [0.4, 0.5) is 0 Å². The van der Waals surface area contributed by atoms with Gasteiger partial charge in [0.2, 0.25) is 0 Å². The van der Waals surface area contributed by atoms with Crippen molar-refractivity contribution >= 4 is 73.3 Å². The summed E-state index contributed by atoms with van der Waals surface area (Å²) < 4.78 is 68.4. The molecular formula is C20H12O6S3. The number of hydrogen-bond acceptors (Lipinski definition) is 5. The van der Waals surface area contributed by atoms with Gasteiger partial charge in [-0.15, -0.1) is 11.3 Å². The lowest BCUT2D eigenvalue weighted by Crippen LogP contribution is -1.99. The quantitative estimate of drug-likeness (QED) is 0.377. The molecule has 1 aromatic heterocycles. The average Bonchev–Trinajstić information content (AvgIpc) is 3.04. The van der Waals surface area contributed by atoms with Gasteiger partial charge < -0.3 is 0 Å². The molecule has 9 heteroatoms. The van der Waals surface area contributed by atoms with Gasteiger partial charge in [0.1, 0.15) is 9.79 Å². The predicted octanol–water partition coefficient (Wildman–Crippen LogP) is 4.85. The zero-order valence-electron chi connectivity index (χ0n) is 14.5. The van der Waals surface area contributed by atoms with E-state index in [9.17, 15) is 25.9 Å². The molecule has 0 atom stereocenters. The molecule has 5 rings (SSSR count). The van der Waals surface area contributed by atoms with Crippen molar-refractivity contribution in [3.8, 4) is 0 Å². The fraction of sp³-hybridized carbons (Fsp3) is 0. The summed E-state index contributed by atoms with van der Waals surface area (Å²) in [6.45, 7) is 0. The van der Waals surface area contributed by atoms with Gasteiger partial charge in [-0.25, -0.2) is 0 Å². The molecule has 2 N–H and O–H groups in total. The van der Waals surface area contributed by atoms with Crippen LogP contribution in [0.3, 0.4) is 0 Å². The molecule has 0 unspecified atom stereocenters. The molecule has 0 aliphatic rings. The summed E-state index contributed by atoms with van der Waals surface area (Å²) in [6, 6.07) is 16.5. The molecule has 4 aromatic carbocycles. The predicted molar refractivity (Wildman–Crippen MR) is 114 cm³/mol. The first kappa shape index (κ1) is 18.5. The van der Waals surface area contributed by atoms with Gasteiger partial charge in [-0.3, -0.25) is 9.11 Å². The minimum atomic E-state index is -4.46. The second kappa shape index (κ2) is 5.97. The van der Waals surface area contributed by atoms with Gasteiger partial charge in [-0.1, -0.05) is 48.5 Å². The van der Waals surface area contributed by atoms with E-state index in [1.54, 1.807) is 48.5 Å². The van der Waals surface area contributed by atoms with Gasteiger partial charge in [0.05, 0.1) is 0 Å². The lowest BCUT2D eigenvalue weighted by Gasteiger charge is -2.08. The second-order valence-electron chi connectivity index (χ2n) is 6.64. The standard InChI is InChI=1S/C20H12O6S3/c21-28(22,23)17-9-15-19(13-7-3-1-5-11(13)17)20-14-8-4-2-6-12(14)18(29(24,25)26)10-16(20)27-15/h1-10H,(H,21,22,23)(H,24,25,26). The Hall–Kier alpha value is -2.56. The molecule has 5 aromatic rings. The van der Waals surface area contributed by atoms with E-state index in [-0.39, 0.29) is 9.79 Å². The van der Waals surface area contributed by atoms with Crippen LogP contribution in [0.25, 0.3) is 41.7 Å². The number of rotatable bonds is 2. The van der Waals surface area contributed by atoms with Crippen molar-refractivity contribution < 1.29 is 25.9 Å². The summed E-state index contributed by atoms with van der Waals surface area (Å²) in [5, 5.41) is 3.56. The SMILES string of the molecule is O=S(=O)(O)c1cc2sc3cc(S(=O)(=O)O)c4ccccc4c3c2c2ccccc12. The Bertz CT molecular complexity index is 1570. The molecule has 0 spiro atoms. The van der Waals surface area contributed by atoms with E-state index >= 15 is 0 Å². The van der Waals surface area contributed by atoms with E-state index in [2.05, 4.69) is 0 Å². The first-order valence-electron chi connectivity index (χ1n) is 8.41. The van der Waals surface area contributed by atoms with Gasteiger partial charge in [-0.05, 0) is 22.9 Å². The second-order valence-corrected chi connectivity index (χ2v) is 10.5. The third-order valence-corrected chi connectivity index (χ3v) is 7.84. The fourth-order valence-electron chi connectivity index (χ4n) is 3.86. The van der Waals surface area contributed by atoms with Gasteiger partial charge in [-0.2, -0.15) is 16.8 Å². The molecule has 1 heterocycles. The number of benzene rings is 4. The van der Waals surface area contributed by atoms with Crippen molar-refractivity contribution in [3.05, 3.63) is 60.7 Å². The van der Waals surface area contributed by atoms with E-state index in [4.69, 9.17) is 0 Å². The monoisotopic (exact) mass is 444 g/mol. The topological polar surface area (TPSA) is 109 Å². The van der Waals surface area contributed by atoms with Crippen molar-refractivity contribution in [3.63, 3.8) is 0 Å². The van der Waals surface area contributed by atoms with Crippen LogP contribution >= 0.6 is 11.3 Å². The van der Waals surface area contributed by atoms with Gasteiger partial charge in [0.25, 0.3) is 20.2 Å². The van der Waals surface area contributed by atoms with E-state index in [0.29, 0.717) is 30.9 Å². The molecule has 0 aliphatic heterocycles. The van der Waals surface area contributed by atoms with Gasteiger partial charge in [0, 0.05) is 30.9 Å². The van der Waals surface area contributed by atoms with Crippen molar-refractivity contribution in [2.24, 2.45) is 0 Å². The zero-order valence-corrected chi connectivity index (χ0v) is 17.0. The summed E-state index contributed by atoms with van der Waals surface area (Å²) in [5.74, 6) is 0. The molecule has 6 nitrogen and oxygen atoms in total. The molecule has 0 aliphatic carbocycles. The smallest absolute Gasteiger partial charge is 0.282 e. The number of hydrogen-bond donors (Lipinski definition) is 2. The Kier molecular flexibility index (Phi) is 3.80. The highest BCUT2D eigenvalue weighted by Crippen LogP contribution is 2.45. The van der Waals surface area contributed by atoms with Crippen LogP contribution in [0.2, 0.25) is 0 Å². The molecule has 29 heavy (non-hydrogen) atoms. The van der Waals surface area contributed by atoms with Crippen LogP contribution in [0.5, 0.6) is 0 Å². The zero-order chi connectivity index (χ0) is 20.6. The molecule has 0 fully saturated rings. The summed E-state index contributed by atoms with van der Waals surface area (Å²) in [4.78, 5) is -0.405. The van der Waals surface area contributed by atoms with Crippen LogP contribution in [-0.2, 0) is 20.2 Å². The van der Waals surface area contributed by atoms with Crippen LogP contribution in [-0.4, -0.2) is 25.9 Å². The lowest BCUT2D eigenvalue weighted by molar-refractivity contribution is 0.482. The summed E-state index contributed by atoms with van der Waals surface area (Å²) in [5.41, 5.74) is 0. The van der Waals surface area contributed by atoms with E-state index in [1.807, 2.05) is 0 Å². The molecular weight excluding hydrogens is 432 g/mol. The normalized spacial score (nSPS) is 13.0. The number of thiophene rings is 1. The Labute approximate surface area is 169 Å². The highest BCUT2D eigenvalue weighted by atomic mass is 32.2. The van der Waals surface area contributed by atoms with Crippen molar-refractivity contribution in [1.29, 1.82) is 0 Å². The molecule has 0 saturated heterocycles. The van der Waals surface area contributed by atoms with Crippen molar-refractivity contribution in [1.82, 2.24) is 0 Å². The maximum atomic E-state index is 12.0. The Morgan fingerprint density at radius 1 is 0.586 bits per heavy atom. The van der Waals surface area contributed by atoms with Crippen LogP contribution in [0.15, 0.2) is 70.5 Å². The fourth-order valence-corrected chi connectivity index (χ4v) is 6.67. The average molecular weight is 445 g/mol. The Morgan fingerprint density at radius 3 is 1.28 bits per heavy atom. The van der Waals surface area contributed by atoms with Crippen LogP contribution in [0, 0.1) is 0 Å². The third kappa shape index (κ3) is 2.74. The summed E-state index contributed by atoms with van der Waals surface area (Å²) >= 11 is 1.20. The first-order valence-corrected chi connectivity index (χ1v) is 12.1. The van der Waals surface area contributed by atoms with Gasteiger partial charge >= 0.3 is 0 Å². The van der Waals surface area contributed by atoms with E-state index < -0.39 is 20.2 Å². The van der Waals surface area contributed by atoms with Crippen LogP contribution in [0.1, 0.15) is 0 Å². The lowest BCUT2D eigenvalue weighted by atomic mass is 9.99. The van der Waals surface area contributed by atoms with Crippen LogP contribution < -0.4 is 0 Å². The highest BCUT2D eigenvalue weighted by molar-refractivity contribution is 7.86. The van der Waals surface area contributed by atoms with Crippen molar-refractivity contribution in [2.75, 3.05) is 0 Å². The van der Waals surface area contributed by atoms with E-state index in [1.165, 1.54) is 23.5 Å².